The van der Waals surface area contributed by atoms with E-state index in [4.69, 9.17) is 0 Å². The predicted octanol–water partition coefficient (Wildman–Crippen LogP) is 2.64. The number of halogens is 2. The highest BCUT2D eigenvalue weighted by atomic mass is 79.9. The maximum absolute atomic E-state index is 13.4. The largest absolute Gasteiger partial charge is 0.336 e. The third kappa shape index (κ3) is 4.05. The minimum atomic E-state index is -3.93. The number of hydrogen-bond acceptors (Lipinski definition) is 5. The first kappa shape index (κ1) is 20.4. The van der Waals surface area contributed by atoms with Gasteiger partial charge in [-0.2, -0.15) is 4.31 Å². The van der Waals surface area contributed by atoms with E-state index in [-0.39, 0.29) is 42.3 Å². The van der Waals surface area contributed by atoms with Gasteiger partial charge in [-0.05, 0) is 40.2 Å². The molecule has 8 nitrogen and oxygen atoms in total. The van der Waals surface area contributed by atoms with Gasteiger partial charge in [0.05, 0.1) is 15.4 Å². The standard InChI is InChI=1S/C17H15BrFN3O5S/c18-16-5-4-12(19)10-15(16)17(23)20-6-8-21(9-7-20)28(26,27)14-3-1-2-13(11-14)22(24)25/h1-5,10-11H,6-9H2. The van der Waals surface area contributed by atoms with Gasteiger partial charge in [0.15, 0.2) is 0 Å². The van der Waals surface area contributed by atoms with Crippen molar-refractivity contribution in [3.63, 3.8) is 0 Å². The van der Waals surface area contributed by atoms with Crippen LogP contribution >= 0.6 is 15.9 Å². The summed E-state index contributed by atoms with van der Waals surface area (Å²) in [6.45, 7) is 0.305. The monoisotopic (exact) mass is 471 g/mol. The first-order valence-electron chi connectivity index (χ1n) is 8.19. The molecule has 0 N–H and O–H groups in total. The van der Waals surface area contributed by atoms with Crippen LogP contribution in [-0.2, 0) is 10.0 Å². The topological polar surface area (TPSA) is 101 Å². The minimum absolute atomic E-state index is 0.0314. The molecule has 2 aromatic rings. The lowest BCUT2D eigenvalue weighted by atomic mass is 10.2. The highest BCUT2D eigenvalue weighted by molar-refractivity contribution is 9.10. The molecule has 3 rings (SSSR count). The molecular weight excluding hydrogens is 457 g/mol. The van der Waals surface area contributed by atoms with E-state index in [0.29, 0.717) is 4.47 Å². The van der Waals surface area contributed by atoms with E-state index >= 15 is 0 Å². The first-order valence-corrected chi connectivity index (χ1v) is 10.4. The van der Waals surface area contributed by atoms with Crippen LogP contribution in [0.2, 0.25) is 0 Å². The Morgan fingerprint density at radius 1 is 1.11 bits per heavy atom. The zero-order chi connectivity index (χ0) is 20.5. The number of nitro groups is 1. The Balaban J connectivity index is 1.74. The van der Waals surface area contributed by atoms with Crippen LogP contribution < -0.4 is 0 Å². The average molecular weight is 472 g/mol. The second kappa shape index (κ2) is 7.94. The molecule has 0 saturated carbocycles. The molecule has 1 aliphatic heterocycles. The molecule has 2 aromatic carbocycles. The third-order valence-corrected chi connectivity index (χ3v) is 6.94. The minimum Gasteiger partial charge on any atom is -0.336 e. The molecule has 0 bridgehead atoms. The number of nitro benzene ring substituents is 1. The van der Waals surface area contributed by atoms with Crippen LogP contribution in [0.5, 0.6) is 0 Å². The molecule has 1 amide bonds. The predicted molar refractivity (Wildman–Crippen MR) is 102 cm³/mol. The summed E-state index contributed by atoms with van der Waals surface area (Å²) in [5.74, 6) is -0.947. The molecule has 1 heterocycles. The summed E-state index contributed by atoms with van der Waals surface area (Å²) in [5.41, 5.74) is -0.152. The quantitative estimate of drug-likeness (QED) is 0.503. The van der Waals surface area contributed by atoms with Crippen molar-refractivity contribution >= 4 is 37.5 Å². The molecule has 0 atom stereocenters. The van der Waals surface area contributed by atoms with Gasteiger partial charge in [-0.1, -0.05) is 6.07 Å². The van der Waals surface area contributed by atoms with Gasteiger partial charge in [-0.25, -0.2) is 12.8 Å². The lowest BCUT2D eigenvalue weighted by Crippen LogP contribution is -2.50. The van der Waals surface area contributed by atoms with Gasteiger partial charge in [0, 0.05) is 42.8 Å². The van der Waals surface area contributed by atoms with Crippen molar-refractivity contribution in [2.75, 3.05) is 26.2 Å². The van der Waals surface area contributed by atoms with Gasteiger partial charge in [0.1, 0.15) is 5.82 Å². The van der Waals surface area contributed by atoms with E-state index in [1.807, 2.05) is 0 Å². The van der Waals surface area contributed by atoms with E-state index in [2.05, 4.69) is 15.9 Å². The second-order valence-corrected chi connectivity index (χ2v) is 8.87. The highest BCUT2D eigenvalue weighted by Gasteiger charge is 2.31. The van der Waals surface area contributed by atoms with Crippen LogP contribution in [-0.4, -0.2) is 54.6 Å². The fourth-order valence-corrected chi connectivity index (χ4v) is 4.75. The summed E-state index contributed by atoms with van der Waals surface area (Å²) in [7, 11) is -3.93. The zero-order valence-corrected chi connectivity index (χ0v) is 16.8. The number of sulfonamides is 1. The van der Waals surface area contributed by atoms with Crippen LogP contribution in [0.15, 0.2) is 51.8 Å². The van der Waals surface area contributed by atoms with Crippen molar-refractivity contribution in [3.05, 3.63) is 68.4 Å². The van der Waals surface area contributed by atoms with Crippen molar-refractivity contribution in [1.82, 2.24) is 9.21 Å². The Labute approximate surface area is 168 Å². The Kier molecular flexibility index (Phi) is 5.77. The third-order valence-electron chi connectivity index (χ3n) is 4.35. The lowest BCUT2D eigenvalue weighted by molar-refractivity contribution is -0.385. The molecule has 0 aliphatic carbocycles. The fourth-order valence-electron chi connectivity index (χ4n) is 2.87. The Morgan fingerprint density at radius 2 is 1.79 bits per heavy atom. The molecule has 0 unspecified atom stereocenters. The van der Waals surface area contributed by atoms with Crippen molar-refractivity contribution in [3.8, 4) is 0 Å². The molecule has 1 saturated heterocycles. The zero-order valence-electron chi connectivity index (χ0n) is 14.4. The summed E-state index contributed by atoms with van der Waals surface area (Å²) in [5, 5.41) is 10.9. The van der Waals surface area contributed by atoms with E-state index in [9.17, 15) is 27.7 Å². The number of rotatable bonds is 4. The Hall–Kier alpha value is -2.37. The number of carbonyl (C=O) groups is 1. The number of carbonyl (C=O) groups excluding carboxylic acids is 1. The molecule has 0 aromatic heterocycles. The molecule has 28 heavy (non-hydrogen) atoms. The fraction of sp³-hybridized carbons (Fsp3) is 0.235. The van der Waals surface area contributed by atoms with Crippen LogP contribution in [0, 0.1) is 15.9 Å². The Morgan fingerprint density at radius 3 is 2.43 bits per heavy atom. The van der Waals surface area contributed by atoms with Gasteiger partial charge < -0.3 is 4.90 Å². The molecule has 148 valence electrons. The number of non-ortho nitro benzene ring substituents is 1. The Bertz CT molecular complexity index is 1040. The van der Waals surface area contributed by atoms with E-state index in [1.165, 1.54) is 39.5 Å². The SMILES string of the molecule is O=C(c1cc(F)ccc1Br)N1CCN(S(=O)(=O)c2cccc([N+](=O)[O-])c2)CC1. The van der Waals surface area contributed by atoms with Gasteiger partial charge in [-0.15, -0.1) is 0 Å². The maximum atomic E-state index is 13.4. The molecular formula is C17H15BrFN3O5S. The number of benzene rings is 2. The van der Waals surface area contributed by atoms with Gasteiger partial charge in [0.25, 0.3) is 11.6 Å². The second-order valence-electron chi connectivity index (χ2n) is 6.07. The van der Waals surface area contributed by atoms with Crippen molar-refractivity contribution in [2.45, 2.75) is 4.90 Å². The molecule has 11 heteroatoms. The van der Waals surface area contributed by atoms with Crippen LogP contribution in [0.4, 0.5) is 10.1 Å². The molecule has 1 fully saturated rings. The lowest BCUT2D eigenvalue weighted by Gasteiger charge is -2.34. The highest BCUT2D eigenvalue weighted by Crippen LogP contribution is 2.24. The van der Waals surface area contributed by atoms with Crippen LogP contribution in [0.25, 0.3) is 0 Å². The summed E-state index contributed by atoms with van der Waals surface area (Å²) >= 11 is 3.21. The summed E-state index contributed by atoms with van der Waals surface area (Å²) in [6, 6.07) is 8.62. The van der Waals surface area contributed by atoms with E-state index in [0.717, 1.165) is 12.1 Å². The summed E-state index contributed by atoms with van der Waals surface area (Å²) in [6.07, 6.45) is 0. The van der Waals surface area contributed by atoms with E-state index < -0.39 is 26.7 Å². The number of hydrogen-bond donors (Lipinski definition) is 0. The van der Waals surface area contributed by atoms with Crippen LogP contribution in [0.1, 0.15) is 10.4 Å². The number of amides is 1. The molecule has 1 aliphatic rings. The number of nitrogens with zero attached hydrogens (tertiary/aromatic N) is 3. The van der Waals surface area contributed by atoms with Gasteiger partial charge in [0.2, 0.25) is 10.0 Å². The van der Waals surface area contributed by atoms with Gasteiger partial charge >= 0.3 is 0 Å². The number of piperazine rings is 1. The maximum Gasteiger partial charge on any atom is 0.270 e. The smallest absolute Gasteiger partial charge is 0.270 e. The first-order chi connectivity index (χ1) is 13.2. The summed E-state index contributed by atoms with van der Waals surface area (Å²) < 4.78 is 40.6. The van der Waals surface area contributed by atoms with Crippen LogP contribution in [0.3, 0.4) is 0 Å². The normalized spacial score (nSPS) is 15.4. The van der Waals surface area contributed by atoms with Crippen molar-refractivity contribution < 1.29 is 22.5 Å². The van der Waals surface area contributed by atoms with Crippen molar-refractivity contribution in [1.29, 1.82) is 0 Å². The van der Waals surface area contributed by atoms with Crippen molar-refractivity contribution in [2.24, 2.45) is 0 Å². The average Bonchev–Trinajstić information content (AvgIpc) is 2.69. The molecule has 0 radical (unpaired) electrons. The van der Waals surface area contributed by atoms with Gasteiger partial charge in [-0.3, -0.25) is 14.9 Å². The summed E-state index contributed by atoms with van der Waals surface area (Å²) in [4.78, 5) is 24.1. The molecule has 0 spiro atoms. The van der Waals surface area contributed by atoms with E-state index in [1.54, 1.807) is 0 Å².